The van der Waals surface area contributed by atoms with E-state index in [1.54, 1.807) is 24.3 Å². The van der Waals surface area contributed by atoms with Crippen LogP contribution in [0.15, 0.2) is 54.6 Å². The first-order valence-corrected chi connectivity index (χ1v) is 6.48. The van der Waals surface area contributed by atoms with Crippen LogP contribution in [-0.2, 0) is 17.9 Å². The second-order valence-electron chi connectivity index (χ2n) is 4.48. The molecule has 0 bridgehead atoms. The summed E-state index contributed by atoms with van der Waals surface area (Å²) in [5.41, 5.74) is 7.37. The summed E-state index contributed by atoms with van der Waals surface area (Å²) in [5.74, 6) is -0.475. The lowest BCUT2D eigenvalue weighted by atomic mass is 10.1. The van der Waals surface area contributed by atoms with Crippen molar-refractivity contribution >= 4 is 12.0 Å². The van der Waals surface area contributed by atoms with Crippen LogP contribution in [0.2, 0.25) is 0 Å². The number of amides is 2. The van der Waals surface area contributed by atoms with E-state index in [2.05, 4.69) is 5.32 Å². The second-order valence-corrected chi connectivity index (χ2v) is 4.48. The molecule has 0 aromatic heterocycles. The maximum Gasteiger partial charge on any atom is 0.407 e. The Kier molecular flexibility index (Phi) is 4.93. The molecule has 3 N–H and O–H groups in total. The average molecular weight is 284 g/mol. The van der Waals surface area contributed by atoms with Crippen LogP contribution in [-0.4, -0.2) is 12.0 Å². The van der Waals surface area contributed by atoms with Crippen molar-refractivity contribution in [2.24, 2.45) is 5.73 Å². The van der Waals surface area contributed by atoms with Crippen molar-refractivity contribution in [3.63, 3.8) is 0 Å². The molecule has 0 saturated carbocycles. The number of carbonyl (C=O) groups is 2. The zero-order valence-electron chi connectivity index (χ0n) is 11.4. The summed E-state index contributed by atoms with van der Waals surface area (Å²) < 4.78 is 5.09. The van der Waals surface area contributed by atoms with Gasteiger partial charge >= 0.3 is 6.09 Å². The first-order valence-electron chi connectivity index (χ1n) is 6.48. The van der Waals surface area contributed by atoms with E-state index in [4.69, 9.17) is 10.5 Å². The van der Waals surface area contributed by atoms with Gasteiger partial charge in [0.15, 0.2) is 0 Å². The number of nitrogens with one attached hydrogen (secondary N) is 1. The molecule has 0 heterocycles. The Morgan fingerprint density at radius 2 is 1.62 bits per heavy atom. The lowest BCUT2D eigenvalue weighted by Gasteiger charge is -2.07. The summed E-state index contributed by atoms with van der Waals surface area (Å²) >= 11 is 0. The van der Waals surface area contributed by atoms with E-state index in [-0.39, 0.29) is 6.61 Å². The summed E-state index contributed by atoms with van der Waals surface area (Å²) in [6.45, 7) is 0.556. The van der Waals surface area contributed by atoms with Gasteiger partial charge in [-0.25, -0.2) is 4.79 Å². The number of alkyl carbamates (subject to hydrolysis) is 1. The van der Waals surface area contributed by atoms with Crippen molar-refractivity contribution in [1.29, 1.82) is 0 Å². The number of hydrogen-bond donors (Lipinski definition) is 2. The van der Waals surface area contributed by atoms with Crippen LogP contribution in [0, 0.1) is 0 Å². The van der Waals surface area contributed by atoms with Crippen molar-refractivity contribution in [2.75, 3.05) is 0 Å². The lowest BCUT2D eigenvalue weighted by Crippen LogP contribution is -2.23. The fourth-order valence-corrected chi connectivity index (χ4v) is 1.74. The number of benzene rings is 2. The van der Waals surface area contributed by atoms with Gasteiger partial charge in [0.2, 0.25) is 5.91 Å². The molecule has 0 atom stereocenters. The highest BCUT2D eigenvalue weighted by molar-refractivity contribution is 5.92. The van der Waals surface area contributed by atoms with E-state index < -0.39 is 12.0 Å². The van der Waals surface area contributed by atoms with Crippen molar-refractivity contribution < 1.29 is 14.3 Å². The van der Waals surface area contributed by atoms with Gasteiger partial charge in [0, 0.05) is 12.1 Å². The fraction of sp³-hybridized carbons (Fsp3) is 0.125. The van der Waals surface area contributed by atoms with Gasteiger partial charge in [-0.15, -0.1) is 0 Å². The minimum absolute atomic E-state index is 0.229. The van der Waals surface area contributed by atoms with Crippen LogP contribution in [0.3, 0.4) is 0 Å². The maximum absolute atomic E-state index is 11.6. The van der Waals surface area contributed by atoms with Crippen LogP contribution in [0.25, 0.3) is 0 Å². The van der Waals surface area contributed by atoms with Gasteiger partial charge in [-0.05, 0) is 23.3 Å². The minimum Gasteiger partial charge on any atom is -0.445 e. The molecule has 5 nitrogen and oxygen atoms in total. The van der Waals surface area contributed by atoms with Crippen LogP contribution in [0.1, 0.15) is 21.5 Å². The fourth-order valence-electron chi connectivity index (χ4n) is 1.74. The smallest absolute Gasteiger partial charge is 0.407 e. The first-order chi connectivity index (χ1) is 10.1. The van der Waals surface area contributed by atoms with Crippen molar-refractivity contribution in [2.45, 2.75) is 13.2 Å². The monoisotopic (exact) mass is 284 g/mol. The summed E-state index contributed by atoms with van der Waals surface area (Å²) in [6, 6.07) is 16.1. The predicted octanol–water partition coefficient (Wildman–Crippen LogP) is 2.21. The number of rotatable bonds is 5. The number of hydrogen-bond acceptors (Lipinski definition) is 3. The maximum atomic E-state index is 11.6. The van der Waals surface area contributed by atoms with Gasteiger partial charge < -0.3 is 15.8 Å². The van der Waals surface area contributed by atoms with Gasteiger partial charge in [0.25, 0.3) is 0 Å². The molecule has 5 heteroatoms. The van der Waals surface area contributed by atoms with Crippen LogP contribution in [0.5, 0.6) is 0 Å². The van der Waals surface area contributed by atoms with Gasteiger partial charge in [-0.3, -0.25) is 4.79 Å². The van der Waals surface area contributed by atoms with Crippen molar-refractivity contribution in [3.05, 3.63) is 71.3 Å². The van der Waals surface area contributed by atoms with E-state index in [1.807, 2.05) is 30.3 Å². The Morgan fingerprint density at radius 1 is 0.952 bits per heavy atom. The second kappa shape index (κ2) is 7.09. The van der Waals surface area contributed by atoms with Gasteiger partial charge in [0.1, 0.15) is 6.61 Å². The van der Waals surface area contributed by atoms with Crippen LogP contribution >= 0.6 is 0 Å². The summed E-state index contributed by atoms with van der Waals surface area (Å²) in [7, 11) is 0. The quantitative estimate of drug-likeness (QED) is 0.883. The number of nitrogens with two attached hydrogens (primary N) is 1. The van der Waals surface area contributed by atoms with E-state index in [0.717, 1.165) is 11.1 Å². The van der Waals surface area contributed by atoms with E-state index in [1.165, 1.54) is 0 Å². The molecule has 0 unspecified atom stereocenters. The Morgan fingerprint density at radius 3 is 2.24 bits per heavy atom. The lowest BCUT2D eigenvalue weighted by molar-refractivity contribution is 0.1000. The molecule has 0 spiro atoms. The van der Waals surface area contributed by atoms with Crippen molar-refractivity contribution in [3.8, 4) is 0 Å². The number of ether oxygens (including phenoxy) is 1. The molecule has 2 aromatic rings. The van der Waals surface area contributed by atoms with Gasteiger partial charge in [-0.2, -0.15) is 0 Å². The highest BCUT2D eigenvalue weighted by atomic mass is 16.5. The molecular formula is C16H16N2O3. The molecule has 21 heavy (non-hydrogen) atoms. The molecule has 0 aliphatic heterocycles. The van der Waals surface area contributed by atoms with Crippen LogP contribution in [0.4, 0.5) is 4.79 Å². The SMILES string of the molecule is NC(=O)c1ccc(CNC(=O)OCc2ccccc2)cc1. The van der Waals surface area contributed by atoms with Crippen LogP contribution < -0.4 is 11.1 Å². The molecule has 2 amide bonds. The summed E-state index contributed by atoms with van der Waals surface area (Å²) in [4.78, 5) is 22.5. The number of carbonyl (C=O) groups excluding carboxylic acids is 2. The molecule has 0 aliphatic rings. The minimum atomic E-state index is -0.488. The van der Waals surface area contributed by atoms with Crippen molar-refractivity contribution in [1.82, 2.24) is 5.32 Å². The van der Waals surface area contributed by atoms with Gasteiger partial charge in [-0.1, -0.05) is 42.5 Å². The third-order valence-corrected chi connectivity index (χ3v) is 2.89. The standard InChI is InChI=1S/C16H16N2O3/c17-15(19)14-8-6-12(7-9-14)10-18-16(20)21-11-13-4-2-1-3-5-13/h1-9H,10-11H2,(H2,17,19)(H,18,20). The number of primary amides is 1. The zero-order valence-corrected chi connectivity index (χ0v) is 11.4. The molecular weight excluding hydrogens is 268 g/mol. The van der Waals surface area contributed by atoms with E-state index in [9.17, 15) is 9.59 Å². The predicted molar refractivity (Wildman–Crippen MR) is 78.4 cm³/mol. The Balaban J connectivity index is 1.77. The highest BCUT2D eigenvalue weighted by Crippen LogP contribution is 2.04. The molecule has 0 radical (unpaired) electrons. The third kappa shape index (κ3) is 4.65. The average Bonchev–Trinajstić information content (AvgIpc) is 2.52. The molecule has 108 valence electrons. The Bertz CT molecular complexity index is 609. The Labute approximate surface area is 122 Å². The summed E-state index contributed by atoms with van der Waals surface area (Å²) in [5, 5.41) is 2.64. The van der Waals surface area contributed by atoms with Gasteiger partial charge in [0.05, 0.1) is 0 Å². The normalized spacial score (nSPS) is 9.90. The Hall–Kier alpha value is -2.82. The molecule has 2 aromatic carbocycles. The third-order valence-electron chi connectivity index (χ3n) is 2.89. The van der Waals surface area contributed by atoms with E-state index >= 15 is 0 Å². The molecule has 0 aliphatic carbocycles. The largest absolute Gasteiger partial charge is 0.445 e. The molecule has 2 rings (SSSR count). The topological polar surface area (TPSA) is 81.4 Å². The summed E-state index contributed by atoms with van der Waals surface area (Å²) in [6.07, 6.45) is -0.488. The molecule has 0 fully saturated rings. The zero-order chi connectivity index (χ0) is 15.1. The van der Waals surface area contributed by atoms with E-state index in [0.29, 0.717) is 12.1 Å². The highest BCUT2D eigenvalue weighted by Gasteiger charge is 2.04. The molecule has 0 saturated heterocycles. The first kappa shape index (κ1) is 14.6.